The molecule has 0 saturated heterocycles. The number of hydrogen-bond donors (Lipinski definition) is 2. The summed E-state index contributed by atoms with van der Waals surface area (Å²) in [6.45, 7) is 0. The number of carbonyl (C=O) groups is 1. The molecule has 1 aromatic rings. The number of nitrogens with two attached hydrogens (primary N) is 1. The van der Waals surface area contributed by atoms with Crippen molar-refractivity contribution in [2.24, 2.45) is 0 Å². The SMILES string of the molecule is Nc1ccc(C(=O)O)cc1.[Ni]. The summed E-state index contributed by atoms with van der Waals surface area (Å²) in [4.78, 5) is 10.3. The Kier molecular flexibility index (Phi) is 3.62. The number of benzene rings is 1. The van der Waals surface area contributed by atoms with E-state index in [1.165, 1.54) is 12.1 Å². The fourth-order valence-corrected chi connectivity index (χ4v) is 0.626. The first-order valence-corrected chi connectivity index (χ1v) is 2.79. The molecule has 0 bridgehead atoms. The maximum absolute atomic E-state index is 10.3. The van der Waals surface area contributed by atoms with Crippen LogP contribution in [-0.4, -0.2) is 11.1 Å². The predicted octanol–water partition coefficient (Wildman–Crippen LogP) is 0.965. The van der Waals surface area contributed by atoms with E-state index in [0.717, 1.165) is 0 Å². The van der Waals surface area contributed by atoms with Gasteiger partial charge in [-0.25, -0.2) is 4.79 Å². The van der Waals surface area contributed by atoms with Gasteiger partial charge < -0.3 is 10.8 Å². The van der Waals surface area contributed by atoms with Crippen LogP contribution in [-0.2, 0) is 16.5 Å². The second-order valence-corrected chi connectivity index (χ2v) is 1.93. The molecule has 1 aromatic carbocycles. The van der Waals surface area contributed by atoms with Gasteiger partial charge in [-0.2, -0.15) is 0 Å². The van der Waals surface area contributed by atoms with Crippen LogP contribution >= 0.6 is 0 Å². The van der Waals surface area contributed by atoms with E-state index in [-0.39, 0.29) is 22.1 Å². The van der Waals surface area contributed by atoms with Crippen LogP contribution in [0.15, 0.2) is 24.3 Å². The Labute approximate surface area is 74.1 Å². The molecule has 11 heavy (non-hydrogen) atoms. The summed E-state index contributed by atoms with van der Waals surface area (Å²) in [6.07, 6.45) is 0. The average Bonchev–Trinajstić information content (AvgIpc) is 1.88. The van der Waals surface area contributed by atoms with Crippen LogP contribution in [0.25, 0.3) is 0 Å². The second-order valence-electron chi connectivity index (χ2n) is 1.93. The smallest absolute Gasteiger partial charge is 0.335 e. The molecule has 0 heterocycles. The van der Waals surface area contributed by atoms with Gasteiger partial charge in [0.1, 0.15) is 0 Å². The fourth-order valence-electron chi connectivity index (χ4n) is 0.626. The molecule has 3 nitrogen and oxygen atoms in total. The normalized spacial score (nSPS) is 8.36. The third-order valence-electron chi connectivity index (χ3n) is 1.16. The topological polar surface area (TPSA) is 63.3 Å². The third kappa shape index (κ3) is 2.60. The standard InChI is InChI=1S/C7H7NO2.Ni/c8-6-3-1-5(2-4-6)7(9)10;/h1-4H,8H2,(H,9,10);. The van der Waals surface area contributed by atoms with Gasteiger partial charge in [-0.05, 0) is 24.3 Å². The molecular formula is C7H7NNiO2. The van der Waals surface area contributed by atoms with E-state index in [4.69, 9.17) is 10.8 Å². The molecule has 3 N–H and O–H groups in total. The molecule has 0 saturated carbocycles. The first-order valence-electron chi connectivity index (χ1n) is 2.79. The number of carboxylic acid groups (broad SMARTS) is 1. The molecule has 0 amide bonds. The zero-order valence-corrected chi connectivity index (χ0v) is 6.55. The van der Waals surface area contributed by atoms with Crippen LogP contribution < -0.4 is 5.73 Å². The van der Waals surface area contributed by atoms with E-state index in [2.05, 4.69) is 0 Å². The van der Waals surface area contributed by atoms with Crippen LogP contribution in [0.1, 0.15) is 10.4 Å². The quantitative estimate of drug-likeness (QED) is 0.519. The summed E-state index contributed by atoms with van der Waals surface area (Å²) >= 11 is 0. The molecule has 4 heteroatoms. The number of nitrogen functional groups attached to an aromatic ring is 1. The Balaban J connectivity index is 0.000001000. The zero-order chi connectivity index (χ0) is 7.56. The molecule has 1 rings (SSSR count). The summed E-state index contributed by atoms with van der Waals surface area (Å²) in [7, 11) is 0. The summed E-state index contributed by atoms with van der Waals surface area (Å²) < 4.78 is 0. The average molecular weight is 196 g/mol. The number of anilines is 1. The van der Waals surface area contributed by atoms with Crippen LogP contribution in [0.5, 0.6) is 0 Å². The van der Waals surface area contributed by atoms with Gasteiger partial charge in [-0.1, -0.05) is 0 Å². The zero-order valence-electron chi connectivity index (χ0n) is 5.56. The van der Waals surface area contributed by atoms with Crippen molar-refractivity contribution >= 4 is 11.7 Å². The van der Waals surface area contributed by atoms with E-state index in [1.807, 2.05) is 0 Å². The van der Waals surface area contributed by atoms with Gasteiger partial charge in [0.2, 0.25) is 0 Å². The Hall–Kier alpha value is -1.02. The van der Waals surface area contributed by atoms with Crippen molar-refractivity contribution in [1.82, 2.24) is 0 Å². The first-order chi connectivity index (χ1) is 4.70. The van der Waals surface area contributed by atoms with Crippen molar-refractivity contribution in [3.63, 3.8) is 0 Å². The molecule has 0 aromatic heterocycles. The number of rotatable bonds is 1. The molecule has 0 atom stereocenters. The Morgan fingerprint density at radius 3 is 2.09 bits per heavy atom. The van der Waals surface area contributed by atoms with E-state index in [0.29, 0.717) is 5.69 Å². The summed E-state index contributed by atoms with van der Waals surface area (Å²) in [6, 6.07) is 6.06. The maximum Gasteiger partial charge on any atom is 0.335 e. The molecule has 0 aliphatic rings. The Bertz CT molecular complexity index is 245. The van der Waals surface area contributed by atoms with Gasteiger partial charge >= 0.3 is 5.97 Å². The minimum atomic E-state index is -0.931. The summed E-state index contributed by atoms with van der Waals surface area (Å²) in [5.41, 5.74) is 6.17. The van der Waals surface area contributed by atoms with Gasteiger partial charge in [0, 0.05) is 22.2 Å². The van der Waals surface area contributed by atoms with Crippen molar-refractivity contribution < 1.29 is 26.4 Å². The van der Waals surface area contributed by atoms with Gasteiger partial charge in [0.25, 0.3) is 0 Å². The predicted molar refractivity (Wildman–Crippen MR) is 37.8 cm³/mol. The molecule has 0 aliphatic heterocycles. The number of carboxylic acids is 1. The van der Waals surface area contributed by atoms with Crippen molar-refractivity contribution in [3.8, 4) is 0 Å². The van der Waals surface area contributed by atoms with Crippen LogP contribution in [0.3, 0.4) is 0 Å². The maximum atomic E-state index is 10.3. The Morgan fingerprint density at radius 1 is 1.27 bits per heavy atom. The van der Waals surface area contributed by atoms with Gasteiger partial charge in [-0.3, -0.25) is 0 Å². The first kappa shape index (κ1) is 9.98. The minimum absolute atomic E-state index is 0. The molecule has 0 unspecified atom stereocenters. The van der Waals surface area contributed by atoms with E-state index < -0.39 is 5.97 Å². The van der Waals surface area contributed by atoms with E-state index >= 15 is 0 Å². The molecule has 0 aliphatic carbocycles. The van der Waals surface area contributed by atoms with Crippen LogP contribution in [0.2, 0.25) is 0 Å². The van der Waals surface area contributed by atoms with Gasteiger partial charge in [-0.15, -0.1) is 0 Å². The largest absolute Gasteiger partial charge is 0.478 e. The monoisotopic (exact) mass is 195 g/mol. The van der Waals surface area contributed by atoms with Crippen molar-refractivity contribution in [1.29, 1.82) is 0 Å². The number of aromatic carboxylic acids is 1. The molecular weight excluding hydrogens is 189 g/mol. The molecule has 0 radical (unpaired) electrons. The third-order valence-corrected chi connectivity index (χ3v) is 1.16. The van der Waals surface area contributed by atoms with Gasteiger partial charge in [0.05, 0.1) is 5.56 Å². The molecule has 62 valence electrons. The fraction of sp³-hybridized carbons (Fsp3) is 0. The van der Waals surface area contributed by atoms with Crippen molar-refractivity contribution in [3.05, 3.63) is 29.8 Å². The van der Waals surface area contributed by atoms with E-state index in [9.17, 15) is 4.79 Å². The van der Waals surface area contributed by atoms with E-state index in [1.54, 1.807) is 12.1 Å². The van der Waals surface area contributed by atoms with Crippen LogP contribution in [0.4, 0.5) is 5.69 Å². The van der Waals surface area contributed by atoms with Crippen molar-refractivity contribution in [2.45, 2.75) is 0 Å². The van der Waals surface area contributed by atoms with Crippen LogP contribution in [0, 0.1) is 0 Å². The van der Waals surface area contributed by atoms with Crippen molar-refractivity contribution in [2.75, 3.05) is 5.73 Å². The summed E-state index contributed by atoms with van der Waals surface area (Å²) in [5, 5.41) is 8.43. The molecule has 0 fully saturated rings. The second kappa shape index (κ2) is 3.99. The minimum Gasteiger partial charge on any atom is -0.478 e. The molecule has 0 spiro atoms. The Morgan fingerprint density at radius 2 is 1.73 bits per heavy atom. The van der Waals surface area contributed by atoms with Gasteiger partial charge in [0.15, 0.2) is 0 Å². The summed E-state index contributed by atoms with van der Waals surface area (Å²) in [5.74, 6) is -0.931. The number of hydrogen-bond acceptors (Lipinski definition) is 2.